The number of hydrogen-bond donors (Lipinski definition) is 3. The van der Waals surface area contributed by atoms with E-state index in [1.54, 1.807) is 5.32 Å². The van der Waals surface area contributed by atoms with Crippen LogP contribution in [0.3, 0.4) is 0 Å². The molecule has 0 aromatic rings. The van der Waals surface area contributed by atoms with Gasteiger partial charge in [-0.3, -0.25) is 10.1 Å². The summed E-state index contributed by atoms with van der Waals surface area (Å²) in [4.78, 5) is 22.3. The molecule has 1 fully saturated rings. The van der Waals surface area contributed by atoms with Crippen LogP contribution < -0.4 is 10.6 Å². The number of nitrogens with one attached hydrogen (secondary N) is 2. The number of alkyl halides is 3. The zero-order valence-electron chi connectivity index (χ0n) is 10.9. The molecule has 0 bridgehead atoms. The largest absolute Gasteiger partial charge is 0.480 e. The number of halogens is 3. The minimum atomic E-state index is -5.00. The van der Waals surface area contributed by atoms with Gasteiger partial charge >= 0.3 is 12.1 Å². The highest BCUT2D eigenvalue weighted by Crippen LogP contribution is 2.30. The molecular formula is C11H17F3N2O4. The standard InChI is InChI=1S/C11H17F3N2O4/c1-10(9(18)19,11(12,13)14)15-6-8(17)16-7-2-4-20-5-3-7/h7,15H,2-6H2,1H3,(H,16,17)(H,18,19). The topological polar surface area (TPSA) is 87.7 Å². The van der Waals surface area contributed by atoms with E-state index < -0.39 is 30.1 Å². The Kier molecular flexibility index (Phi) is 5.35. The number of carbonyl (C=O) groups excluding carboxylic acids is 1. The quantitative estimate of drug-likeness (QED) is 0.678. The second kappa shape index (κ2) is 6.40. The van der Waals surface area contributed by atoms with E-state index >= 15 is 0 Å². The van der Waals surface area contributed by atoms with Crippen molar-refractivity contribution in [2.45, 2.75) is 37.5 Å². The Hall–Kier alpha value is -1.35. The smallest absolute Gasteiger partial charge is 0.417 e. The van der Waals surface area contributed by atoms with E-state index in [0.29, 0.717) is 33.0 Å². The van der Waals surface area contributed by atoms with Gasteiger partial charge in [0.1, 0.15) is 0 Å². The van der Waals surface area contributed by atoms with Crippen LogP contribution in [0.15, 0.2) is 0 Å². The lowest BCUT2D eigenvalue weighted by molar-refractivity contribution is -0.205. The number of hydrogen-bond acceptors (Lipinski definition) is 4. The Labute approximate surface area is 113 Å². The van der Waals surface area contributed by atoms with Crippen molar-refractivity contribution in [1.29, 1.82) is 0 Å². The average molecular weight is 298 g/mol. The van der Waals surface area contributed by atoms with Gasteiger partial charge in [0.25, 0.3) is 0 Å². The molecule has 20 heavy (non-hydrogen) atoms. The van der Waals surface area contributed by atoms with Crippen molar-refractivity contribution >= 4 is 11.9 Å². The zero-order valence-corrected chi connectivity index (χ0v) is 10.9. The zero-order chi connectivity index (χ0) is 15.4. The van der Waals surface area contributed by atoms with Crippen LogP contribution in [0.2, 0.25) is 0 Å². The van der Waals surface area contributed by atoms with E-state index in [9.17, 15) is 22.8 Å². The number of carbonyl (C=O) groups is 2. The van der Waals surface area contributed by atoms with Crippen LogP contribution in [-0.4, -0.2) is 54.5 Å². The van der Waals surface area contributed by atoms with E-state index in [1.165, 1.54) is 0 Å². The van der Waals surface area contributed by atoms with E-state index in [2.05, 4.69) is 5.32 Å². The number of carboxylic acids is 1. The predicted octanol–water partition coefficient (Wildman–Crippen LogP) is 0.277. The monoisotopic (exact) mass is 298 g/mol. The number of aliphatic carboxylic acids is 1. The van der Waals surface area contributed by atoms with Gasteiger partial charge in [-0.15, -0.1) is 0 Å². The number of rotatable bonds is 5. The molecule has 0 radical (unpaired) electrons. The molecule has 6 nitrogen and oxygen atoms in total. The first-order valence-electron chi connectivity index (χ1n) is 6.09. The van der Waals surface area contributed by atoms with Gasteiger partial charge < -0.3 is 15.2 Å². The third-order valence-corrected chi connectivity index (χ3v) is 3.18. The molecule has 1 amide bonds. The lowest BCUT2D eigenvalue weighted by atomic mass is 10.0. The average Bonchev–Trinajstić information content (AvgIpc) is 2.35. The van der Waals surface area contributed by atoms with Crippen molar-refractivity contribution in [1.82, 2.24) is 10.6 Å². The molecule has 0 spiro atoms. The second-order valence-electron chi connectivity index (χ2n) is 4.74. The van der Waals surface area contributed by atoms with Gasteiger partial charge in [-0.25, -0.2) is 4.79 Å². The molecular weight excluding hydrogens is 281 g/mol. The fourth-order valence-electron chi connectivity index (χ4n) is 1.67. The molecule has 0 aliphatic carbocycles. The molecule has 116 valence electrons. The number of amides is 1. The van der Waals surface area contributed by atoms with Gasteiger partial charge in [-0.2, -0.15) is 13.2 Å². The van der Waals surface area contributed by atoms with E-state index in [4.69, 9.17) is 9.84 Å². The van der Waals surface area contributed by atoms with Gasteiger partial charge in [0.15, 0.2) is 0 Å². The van der Waals surface area contributed by atoms with Crippen LogP contribution in [0.1, 0.15) is 19.8 Å². The molecule has 0 aromatic carbocycles. The lowest BCUT2D eigenvalue weighted by Crippen LogP contribution is -2.62. The molecule has 3 N–H and O–H groups in total. The molecule has 1 unspecified atom stereocenters. The van der Waals surface area contributed by atoms with Crippen molar-refractivity contribution in [3.8, 4) is 0 Å². The highest BCUT2D eigenvalue weighted by atomic mass is 19.4. The lowest BCUT2D eigenvalue weighted by Gasteiger charge is -2.29. The Morgan fingerprint density at radius 3 is 2.30 bits per heavy atom. The Morgan fingerprint density at radius 2 is 1.85 bits per heavy atom. The first-order chi connectivity index (χ1) is 9.17. The van der Waals surface area contributed by atoms with Crippen LogP contribution in [0.4, 0.5) is 13.2 Å². The van der Waals surface area contributed by atoms with Gasteiger partial charge in [-0.05, 0) is 19.8 Å². The number of carboxylic acid groups (broad SMARTS) is 1. The Balaban J connectivity index is 2.51. The summed E-state index contributed by atoms with van der Waals surface area (Å²) in [6.07, 6.45) is -3.83. The maximum atomic E-state index is 12.7. The third-order valence-electron chi connectivity index (χ3n) is 3.18. The summed E-state index contributed by atoms with van der Waals surface area (Å²) in [7, 11) is 0. The fourth-order valence-corrected chi connectivity index (χ4v) is 1.67. The molecule has 1 aliphatic heterocycles. The van der Waals surface area contributed by atoms with Gasteiger partial charge in [0.05, 0.1) is 6.54 Å². The maximum Gasteiger partial charge on any atom is 0.417 e. The summed E-state index contributed by atoms with van der Waals surface area (Å²) in [5.74, 6) is -2.75. The Bertz CT molecular complexity index is 369. The van der Waals surface area contributed by atoms with E-state index in [-0.39, 0.29) is 6.04 Å². The fraction of sp³-hybridized carbons (Fsp3) is 0.818. The van der Waals surface area contributed by atoms with Crippen LogP contribution in [0.5, 0.6) is 0 Å². The van der Waals surface area contributed by atoms with Gasteiger partial charge in [-0.1, -0.05) is 0 Å². The highest BCUT2D eigenvalue weighted by molar-refractivity contribution is 5.82. The first kappa shape index (κ1) is 16.7. The van der Waals surface area contributed by atoms with Crippen molar-refractivity contribution in [3.63, 3.8) is 0 Å². The highest BCUT2D eigenvalue weighted by Gasteiger charge is 2.57. The van der Waals surface area contributed by atoms with E-state index in [0.717, 1.165) is 0 Å². The van der Waals surface area contributed by atoms with Crippen molar-refractivity contribution < 1.29 is 32.6 Å². The molecule has 1 heterocycles. The van der Waals surface area contributed by atoms with Gasteiger partial charge in [0, 0.05) is 19.3 Å². The summed E-state index contributed by atoms with van der Waals surface area (Å²) < 4.78 is 43.1. The molecule has 1 saturated heterocycles. The summed E-state index contributed by atoms with van der Waals surface area (Å²) >= 11 is 0. The van der Waals surface area contributed by atoms with E-state index in [1.807, 2.05) is 0 Å². The van der Waals surface area contributed by atoms with Crippen molar-refractivity contribution in [3.05, 3.63) is 0 Å². The maximum absolute atomic E-state index is 12.7. The Morgan fingerprint density at radius 1 is 1.30 bits per heavy atom. The van der Waals surface area contributed by atoms with Gasteiger partial charge in [0.2, 0.25) is 11.4 Å². The first-order valence-corrected chi connectivity index (χ1v) is 6.09. The predicted molar refractivity (Wildman–Crippen MR) is 62.1 cm³/mol. The third kappa shape index (κ3) is 4.07. The number of ether oxygens (including phenoxy) is 1. The van der Waals surface area contributed by atoms with Crippen LogP contribution in [-0.2, 0) is 14.3 Å². The molecule has 1 aliphatic rings. The minimum Gasteiger partial charge on any atom is -0.480 e. The molecule has 0 aromatic heterocycles. The van der Waals surface area contributed by atoms with Crippen LogP contribution >= 0.6 is 0 Å². The van der Waals surface area contributed by atoms with Crippen LogP contribution in [0.25, 0.3) is 0 Å². The van der Waals surface area contributed by atoms with Crippen molar-refractivity contribution in [2.24, 2.45) is 0 Å². The molecule has 9 heteroatoms. The van der Waals surface area contributed by atoms with Crippen LogP contribution in [0, 0.1) is 0 Å². The summed E-state index contributed by atoms with van der Waals surface area (Å²) in [6, 6.07) is -0.153. The molecule has 0 saturated carbocycles. The normalized spacial score (nSPS) is 20.2. The minimum absolute atomic E-state index is 0.153. The summed E-state index contributed by atoms with van der Waals surface area (Å²) in [6.45, 7) is 0.721. The summed E-state index contributed by atoms with van der Waals surface area (Å²) in [5.41, 5.74) is -3.15. The SMILES string of the molecule is CC(NCC(=O)NC1CCOCC1)(C(=O)O)C(F)(F)F. The summed E-state index contributed by atoms with van der Waals surface area (Å²) in [5, 5.41) is 13.0. The molecule has 1 rings (SSSR count). The molecule has 1 atom stereocenters. The second-order valence-corrected chi connectivity index (χ2v) is 4.74. The van der Waals surface area contributed by atoms with Crippen molar-refractivity contribution in [2.75, 3.05) is 19.8 Å².